The van der Waals surface area contributed by atoms with Crippen LogP contribution in [0.4, 0.5) is 0 Å². The van der Waals surface area contributed by atoms with Crippen molar-refractivity contribution in [1.82, 2.24) is 0 Å². The summed E-state index contributed by atoms with van der Waals surface area (Å²) in [5.41, 5.74) is 12.7. The number of ketones is 3. The Bertz CT molecular complexity index is 3780. The Kier molecular flexibility index (Phi) is 16.3. The Balaban J connectivity index is 0.0000000877. The minimum atomic E-state index is -0.675. The van der Waals surface area contributed by atoms with Gasteiger partial charge >= 0.3 is 0 Å². The number of epoxide rings is 3. The van der Waals surface area contributed by atoms with E-state index in [2.05, 4.69) is 95.3 Å². The van der Waals surface area contributed by atoms with E-state index in [1.807, 2.05) is 7.11 Å². The molecule has 1 N–H and O–H groups in total. The van der Waals surface area contributed by atoms with E-state index in [1.54, 1.807) is 46.6 Å². The van der Waals surface area contributed by atoms with Gasteiger partial charge < -0.3 is 28.8 Å². The highest BCUT2D eigenvalue weighted by molar-refractivity contribution is 5.92. The molecule has 9 heteroatoms. The molecule has 0 spiro atoms. The number of allylic oxidation sites excluding steroid dienone is 11. The molecule has 0 radical (unpaired) electrons. The van der Waals surface area contributed by atoms with Gasteiger partial charge in [0.05, 0.1) is 50.0 Å². The zero-order valence-corrected chi connectivity index (χ0v) is 62.8. The lowest BCUT2D eigenvalue weighted by molar-refractivity contribution is -0.128. The number of benzene rings is 1. The number of rotatable bonds is 2. The largest absolute Gasteiger partial charge is 0.501 e. The third-order valence-corrected chi connectivity index (χ3v) is 35.5. The number of methoxy groups -OCH3 is 2. The van der Waals surface area contributed by atoms with Crippen molar-refractivity contribution in [3.8, 4) is 5.75 Å². The maximum absolute atomic E-state index is 11.9. The van der Waals surface area contributed by atoms with E-state index in [4.69, 9.17) is 23.7 Å². The standard InChI is InChI=1S/C19H26O.C19H24O.2C18H24O3.C18H24O/c2*1-19-10-3-4-18(19)17-7-5-13-12-14(20-2)6-8-15(13)16(17)9-11-19;1-16-5-4-12-11(13(16)8-14-15(16)20-14)3-6-17-9-10(19)2-7-18(12,17)21-17;1-17-6-5-13-12(14(17)9-15-16(17)21-15)3-2-10-8-11(19)4-7-18(10,13)20;1-18-9-2-3-17(18)16-6-4-12-11-13(19)5-7-14(12)15(16)8-10-18/h3,6,10,16-18H,4-5,7-9,11-12H2,1-2H3;3,6,8,10,12,16-18H,4-5,7,9,11H2,1-2H3;11-15H,2-9H2,1H3;8,12-16,20H,2-7,9H2,1H3;2,9,15-17H,3-8,10-11H2,1H3/t;;11?,12?,13?,14?,15?,16?,17-,18-;12?,13?,14?,15?,16?,17?,18-;/m..01./s1. The highest BCUT2D eigenvalue weighted by Crippen LogP contribution is 2.75. The molecule has 544 valence electrons. The first-order valence-electron chi connectivity index (χ1n) is 42.1. The van der Waals surface area contributed by atoms with Gasteiger partial charge in [0.1, 0.15) is 28.5 Å². The van der Waals surface area contributed by atoms with E-state index in [-0.39, 0.29) is 17.0 Å². The predicted molar refractivity (Wildman–Crippen MR) is 394 cm³/mol. The van der Waals surface area contributed by atoms with Gasteiger partial charge in [0.25, 0.3) is 0 Å². The first-order chi connectivity index (χ1) is 48.7. The Hall–Kier alpha value is -4.15. The molecule has 101 heavy (non-hydrogen) atoms. The highest BCUT2D eigenvalue weighted by atomic mass is 16.6. The van der Waals surface area contributed by atoms with E-state index in [9.17, 15) is 19.5 Å². The van der Waals surface area contributed by atoms with Crippen LogP contribution in [0.5, 0.6) is 5.75 Å². The van der Waals surface area contributed by atoms with Gasteiger partial charge in [-0.05, 0) is 343 Å². The quantitative estimate of drug-likeness (QED) is 0.227. The van der Waals surface area contributed by atoms with E-state index >= 15 is 0 Å². The second-order valence-electron chi connectivity index (χ2n) is 39.4. The van der Waals surface area contributed by atoms with Gasteiger partial charge in [-0.15, -0.1) is 0 Å². The molecular formula is C92H122O9. The number of hydrogen-bond acceptors (Lipinski definition) is 9. The van der Waals surface area contributed by atoms with Gasteiger partial charge in [0.2, 0.25) is 0 Å². The van der Waals surface area contributed by atoms with Crippen molar-refractivity contribution in [2.45, 2.75) is 306 Å². The second-order valence-corrected chi connectivity index (χ2v) is 39.4. The molecule has 0 bridgehead atoms. The Morgan fingerprint density at radius 1 is 0.495 bits per heavy atom. The topological polar surface area (TPSA) is 127 Å². The lowest BCUT2D eigenvalue weighted by Crippen LogP contribution is -2.55. The Morgan fingerprint density at radius 3 is 1.72 bits per heavy atom. The van der Waals surface area contributed by atoms with Crippen LogP contribution in [0.25, 0.3) is 0 Å². The molecular weight excluding hydrogens is 1250 g/mol. The summed E-state index contributed by atoms with van der Waals surface area (Å²) in [5.74, 6) is 15.5. The minimum absolute atomic E-state index is 0.0186. The van der Waals surface area contributed by atoms with Crippen LogP contribution in [-0.2, 0) is 39.8 Å². The van der Waals surface area contributed by atoms with Crippen LogP contribution in [0.2, 0.25) is 0 Å². The fraction of sp³-hybridized carbons (Fsp3) is 0.750. The molecule has 24 unspecified atom stereocenters. The number of carbonyl (C=O) groups excluding carboxylic acids is 3. The van der Waals surface area contributed by atoms with Crippen LogP contribution in [-0.4, -0.2) is 77.9 Å². The SMILES string of the molecule is CC12C=CCC1C1CCC3=C(CCC(=O)C3)C1CC2.CC12CCC3C(CCC4=CC(=O)CC[C@@]43O)C1CC1OC12.CC12CCC3C(CC[C@]45CC(=O)CC[C@]34O5)C1CC1OC12.COC1=CCC2=C(CCC3C2CCC2(C)C=CCC32)C1.COc1ccc2c(c1)CCC1C2CCC2(C)C=CCC12. The highest BCUT2D eigenvalue weighted by Gasteiger charge is 2.80. The molecule has 0 amide bonds. The predicted octanol–water partition coefficient (Wildman–Crippen LogP) is 19.6. The molecule has 1 aromatic rings. The molecule has 1 aromatic carbocycles. The van der Waals surface area contributed by atoms with E-state index in [1.165, 1.54) is 141 Å². The number of fused-ring (bicyclic) bond motifs is 25. The third kappa shape index (κ3) is 10.6. The summed E-state index contributed by atoms with van der Waals surface area (Å²) in [6.45, 7) is 12.4. The van der Waals surface area contributed by atoms with Crippen LogP contribution in [0, 0.1) is 110 Å². The summed E-state index contributed by atoms with van der Waals surface area (Å²) < 4.78 is 29.0. The molecule has 23 rings (SSSR count). The lowest BCUT2D eigenvalue weighted by Gasteiger charge is -2.56. The maximum atomic E-state index is 11.9. The first kappa shape index (κ1) is 67.5. The Labute approximate surface area is 605 Å². The van der Waals surface area contributed by atoms with Crippen molar-refractivity contribution < 1.29 is 43.2 Å². The van der Waals surface area contributed by atoms with E-state index in [0.717, 1.165) is 159 Å². The zero-order valence-electron chi connectivity index (χ0n) is 62.8. The number of aliphatic hydroxyl groups is 1. The van der Waals surface area contributed by atoms with Crippen molar-refractivity contribution in [1.29, 1.82) is 0 Å². The first-order valence-corrected chi connectivity index (χ1v) is 42.1. The van der Waals surface area contributed by atoms with Gasteiger partial charge in [0, 0.05) is 38.5 Å². The van der Waals surface area contributed by atoms with Crippen LogP contribution in [0.1, 0.15) is 270 Å². The maximum Gasteiger partial charge on any atom is 0.155 e. The summed E-state index contributed by atoms with van der Waals surface area (Å²) in [7, 11) is 3.59. The molecule has 19 aliphatic carbocycles. The molecule has 3 aliphatic heterocycles. The van der Waals surface area contributed by atoms with Crippen LogP contribution in [0.15, 0.2) is 100 Å². The molecule has 22 aliphatic rings. The van der Waals surface area contributed by atoms with E-state index in [0.29, 0.717) is 94.2 Å². The van der Waals surface area contributed by atoms with Crippen molar-refractivity contribution in [3.63, 3.8) is 0 Å². The van der Waals surface area contributed by atoms with Crippen molar-refractivity contribution >= 4 is 17.3 Å². The normalized spacial score (nSPS) is 50.3. The fourth-order valence-corrected chi connectivity index (χ4v) is 30.1. The molecule has 3 heterocycles. The molecule has 9 nitrogen and oxygen atoms in total. The number of hydrogen-bond donors (Lipinski definition) is 1. The van der Waals surface area contributed by atoms with E-state index < -0.39 is 5.60 Å². The van der Waals surface area contributed by atoms with Crippen molar-refractivity contribution in [2.24, 2.45) is 110 Å². The average Bonchev–Trinajstić information content (AvgIpc) is 1.53. The fourth-order valence-electron chi connectivity index (χ4n) is 30.1. The van der Waals surface area contributed by atoms with Gasteiger partial charge in [0.15, 0.2) is 5.78 Å². The molecule has 3 saturated heterocycles. The van der Waals surface area contributed by atoms with Crippen LogP contribution in [0.3, 0.4) is 0 Å². The number of carbonyl (C=O) groups is 3. The number of Topliss-reactive ketones (excluding diaryl/α,β-unsaturated/α-hetero) is 2. The zero-order chi connectivity index (χ0) is 69.0. The summed E-state index contributed by atoms with van der Waals surface area (Å²) in [6, 6.07) is 6.77. The summed E-state index contributed by atoms with van der Waals surface area (Å²) in [4.78, 5) is 35.3. The number of aryl methyl sites for hydroxylation is 1. The average molecular weight is 1370 g/mol. The summed E-state index contributed by atoms with van der Waals surface area (Å²) in [5, 5.41) is 11.3. The van der Waals surface area contributed by atoms with Gasteiger partial charge in [-0.2, -0.15) is 0 Å². The minimum Gasteiger partial charge on any atom is -0.501 e. The van der Waals surface area contributed by atoms with Gasteiger partial charge in [-0.25, -0.2) is 0 Å². The Morgan fingerprint density at radius 2 is 1.08 bits per heavy atom. The molecule has 27 atom stereocenters. The molecule has 10 saturated carbocycles. The smallest absolute Gasteiger partial charge is 0.155 e. The van der Waals surface area contributed by atoms with Gasteiger partial charge in [-0.1, -0.05) is 99.4 Å². The van der Waals surface area contributed by atoms with Gasteiger partial charge in [-0.3, -0.25) is 14.4 Å². The van der Waals surface area contributed by atoms with Crippen LogP contribution >= 0.6 is 0 Å². The number of ether oxygens (including phenoxy) is 5. The van der Waals surface area contributed by atoms with Crippen molar-refractivity contribution in [2.75, 3.05) is 14.2 Å². The summed E-state index contributed by atoms with van der Waals surface area (Å²) >= 11 is 0. The third-order valence-electron chi connectivity index (χ3n) is 35.5. The second kappa shape index (κ2) is 24.4. The molecule has 13 fully saturated rings. The monoisotopic (exact) mass is 1370 g/mol. The molecule has 0 aromatic heterocycles. The summed E-state index contributed by atoms with van der Waals surface area (Å²) in [6.07, 6.45) is 61.8. The van der Waals surface area contributed by atoms with Crippen molar-refractivity contribution in [3.05, 3.63) is 112 Å². The lowest BCUT2D eigenvalue weighted by atomic mass is 9.50. The van der Waals surface area contributed by atoms with Crippen LogP contribution < -0.4 is 4.74 Å².